The van der Waals surface area contributed by atoms with Crippen LogP contribution in [0.15, 0.2) is 42.5 Å². The van der Waals surface area contributed by atoms with Gasteiger partial charge in [-0.05, 0) is 42.6 Å². The van der Waals surface area contributed by atoms with Crippen LogP contribution in [0.3, 0.4) is 0 Å². The second-order valence-electron chi connectivity index (χ2n) is 6.86. The number of hydrogen-bond donors (Lipinski definition) is 2. The van der Waals surface area contributed by atoms with Crippen LogP contribution in [0.5, 0.6) is 5.75 Å². The van der Waals surface area contributed by atoms with Crippen molar-refractivity contribution >= 4 is 29.1 Å². The molecular weight excluding hydrogens is 399 g/mol. The minimum Gasteiger partial charge on any atom is -0.482 e. The standard InChI is InChI=1S/C21H24Cl2N2O3/c22-17-7-8-19(23)20(10-17)28-14-21(27)24-11-15-4-1-2-5-16(15)12-25-9-3-6-18(25)13-26/h1-2,4-5,7-8,10,18,26H,3,6,9,11-14H2,(H,24,27). The van der Waals surface area contributed by atoms with Crippen LogP contribution >= 0.6 is 23.2 Å². The van der Waals surface area contributed by atoms with Crippen molar-refractivity contribution in [2.75, 3.05) is 19.8 Å². The number of ether oxygens (including phenoxy) is 1. The Bertz CT molecular complexity index is 816. The number of likely N-dealkylation sites (tertiary alicyclic amines) is 1. The fraction of sp³-hybridized carbons (Fsp3) is 0.381. The average Bonchev–Trinajstić information content (AvgIpc) is 3.15. The van der Waals surface area contributed by atoms with Gasteiger partial charge in [0.15, 0.2) is 6.61 Å². The third kappa shape index (κ3) is 5.61. The minimum absolute atomic E-state index is 0.138. The van der Waals surface area contributed by atoms with Crippen LogP contribution in [0.4, 0.5) is 0 Å². The third-order valence-corrected chi connectivity index (χ3v) is 5.48. The number of amides is 1. The molecule has 28 heavy (non-hydrogen) atoms. The number of benzene rings is 2. The maximum atomic E-state index is 12.2. The summed E-state index contributed by atoms with van der Waals surface area (Å²) in [5.41, 5.74) is 2.21. The molecule has 1 unspecified atom stereocenters. The molecule has 0 spiro atoms. The van der Waals surface area contributed by atoms with E-state index in [0.29, 0.717) is 22.3 Å². The maximum Gasteiger partial charge on any atom is 0.258 e. The van der Waals surface area contributed by atoms with Gasteiger partial charge in [-0.2, -0.15) is 0 Å². The lowest BCUT2D eigenvalue weighted by molar-refractivity contribution is -0.123. The molecule has 0 saturated carbocycles. The highest BCUT2D eigenvalue weighted by Gasteiger charge is 2.24. The largest absolute Gasteiger partial charge is 0.482 e. The zero-order valence-corrected chi connectivity index (χ0v) is 17.0. The van der Waals surface area contributed by atoms with Crippen LogP contribution in [-0.4, -0.2) is 41.7 Å². The fourth-order valence-corrected chi connectivity index (χ4v) is 3.72. The highest BCUT2D eigenvalue weighted by molar-refractivity contribution is 6.34. The van der Waals surface area contributed by atoms with Gasteiger partial charge in [-0.15, -0.1) is 0 Å². The van der Waals surface area contributed by atoms with E-state index in [1.54, 1.807) is 18.2 Å². The van der Waals surface area contributed by atoms with E-state index in [1.807, 2.05) is 18.2 Å². The second kappa shape index (κ2) is 10.1. The van der Waals surface area contributed by atoms with Crippen molar-refractivity contribution in [1.82, 2.24) is 10.2 Å². The fourth-order valence-electron chi connectivity index (χ4n) is 3.39. The Hall–Kier alpha value is -1.79. The number of hydrogen-bond acceptors (Lipinski definition) is 4. The summed E-state index contributed by atoms with van der Waals surface area (Å²) in [6.07, 6.45) is 2.13. The number of aliphatic hydroxyl groups excluding tert-OH is 1. The van der Waals surface area contributed by atoms with Gasteiger partial charge < -0.3 is 15.2 Å². The number of aliphatic hydroxyl groups is 1. The smallest absolute Gasteiger partial charge is 0.258 e. The molecular formula is C21H24Cl2N2O3. The Kier molecular flexibility index (Phi) is 7.57. The van der Waals surface area contributed by atoms with E-state index in [4.69, 9.17) is 27.9 Å². The Labute approximate surface area is 175 Å². The Balaban J connectivity index is 1.54. The van der Waals surface area contributed by atoms with Gasteiger partial charge in [-0.25, -0.2) is 0 Å². The lowest BCUT2D eigenvalue weighted by Crippen LogP contribution is -2.33. The lowest BCUT2D eigenvalue weighted by atomic mass is 10.1. The van der Waals surface area contributed by atoms with Crippen molar-refractivity contribution in [2.45, 2.75) is 32.0 Å². The molecule has 1 amide bonds. The number of rotatable bonds is 8. The van der Waals surface area contributed by atoms with E-state index in [1.165, 1.54) is 0 Å². The summed E-state index contributed by atoms with van der Waals surface area (Å²) in [4.78, 5) is 14.5. The van der Waals surface area contributed by atoms with Gasteiger partial charge in [0.2, 0.25) is 0 Å². The van der Waals surface area contributed by atoms with Crippen LogP contribution in [0.1, 0.15) is 24.0 Å². The van der Waals surface area contributed by atoms with Crippen LogP contribution in [0, 0.1) is 0 Å². The second-order valence-corrected chi connectivity index (χ2v) is 7.70. The van der Waals surface area contributed by atoms with Crippen molar-refractivity contribution in [2.24, 2.45) is 0 Å². The van der Waals surface area contributed by atoms with E-state index in [9.17, 15) is 9.90 Å². The van der Waals surface area contributed by atoms with Gasteiger partial charge in [-0.1, -0.05) is 47.5 Å². The highest BCUT2D eigenvalue weighted by atomic mass is 35.5. The molecule has 1 fully saturated rings. The van der Waals surface area contributed by atoms with Gasteiger partial charge in [0.05, 0.1) is 11.6 Å². The molecule has 2 N–H and O–H groups in total. The SMILES string of the molecule is O=C(COc1cc(Cl)ccc1Cl)NCc1ccccc1CN1CCCC1CO. The molecule has 1 saturated heterocycles. The first-order valence-electron chi connectivity index (χ1n) is 9.33. The van der Waals surface area contributed by atoms with E-state index in [2.05, 4.69) is 16.3 Å². The summed E-state index contributed by atoms with van der Waals surface area (Å²) in [5, 5.41) is 13.3. The van der Waals surface area contributed by atoms with Gasteiger partial charge in [0.25, 0.3) is 5.91 Å². The summed E-state index contributed by atoms with van der Waals surface area (Å²) < 4.78 is 5.47. The van der Waals surface area contributed by atoms with Gasteiger partial charge >= 0.3 is 0 Å². The molecule has 1 atom stereocenters. The number of nitrogens with zero attached hydrogens (tertiary/aromatic N) is 1. The van der Waals surface area contributed by atoms with Gasteiger partial charge in [0.1, 0.15) is 5.75 Å². The summed E-state index contributed by atoms with van der Waals surface area (Å²) in [6.45, 7) is 2.22. The number of carbonyl (C=O) groups is 1. The van der Waals surface area contributed by atoms with Crippen LogP contribution < -0.4 is 10.1 Å². The van der Waals surface area contributed by atoms with Gasteiger partial charge in [0, 0.05) is 30.2 Å². The first kappa shape index (κ1) is 20.9. The molecule has 150 valence electrons. The molecule has 1 aliphatic heterocycles. The number of nitrogens with one attached hydrogen (secondary N) is 1. The molecule has 0 radical (unpaired) electrons. The molecule has 7 heteroatoms. The summed E-state index contributed by atoms with van der Waals surface area (Å²) in [7, 11) is 0. The molecule has 1 heterocycles. The predicted molar refractivity (Wildman–Crippen MR) is 111 cm³/mol. The maximum absolute atomic E-state index is 12.2. The van der Waals surface area contributed by atoms with E-state index in [-0.39, 0.29) is 25.2 Å². The van der Waals surface area contributed by atoms with Crippen molar-refractivity contribution < 1.29 is 14.6 Å². The first-order chi connectivity index (χ1) is 13.6. The van der Waals surface area contributed by atoms with E-state index in [0.717, 1.165) is 37.1 Å². The number of halogens is 2. The lowest BCUT2D eigenvalue weighted by Gasteiger charge is -2.24. The van der Waals surface area contributed by atoms with E-state index < -0.39 is 0 Å². The molecule has 2 aromatic rings. The Morgan fingerprint density at radius 2 is 2.00 bits per heavy atom. The third-order valence-electron chi connectivity index (χ3n) is 4.93. The summed E-state index contributed by atoms with van der Waals surface area (Å²) >= 11 is 12.0. The molecule has 2 aromatic carbocycles. The molecule has 5 nitrogen and oxygen atoms in total. The van der Waals surface area contributed by atoms with E-state index >= 15 is 0 Å². The van der Waals surface area contributed by atoms with Crippen LogP contribution in [-0.2, 0) is 17.9 Å². The summed E-state index contributed by atoms with van der Waals surface area (Å²) in [6, 6.07) is 13.1. The molecule has 0 bridgehead atoms. The minimum atomic E-state index is -0.236. The average molecular weight is 423 g/mol. The van der Waals surface area contributed by atoms with Crippen LogP contribution in [0.25, 0.3) is 0 Å². The zero-order chi connectivity index (χ0) is 19.9. The molecule has 1 aliphatic rings. The number of carbonyl (C=O) groups excluding carboxylic acids is 1. The predicted octanol–water partition coefficient (Wildman–Crippen LogP) is 3.65. The molecule has 3 rings (SSSR count). The quantitative estimate of drug-likeness (QED) is 0.681. The Morgan fingerprint density at radius 1 is 1.21 bits per heavy atom. The van der Waals surface area contributed by atoms with Gasteiger partial charge in [-0.3, -0.25) is 9.69 Å². The monoisotopic (exact) mass is 422 g/mol. The topological polar surface area (TPSA) is 61.8 Å². The normalized spacial score (nSPS) is 16.9. The first-order valence-corrected chi connectivity index (χ1v) is 10.1. The summed E-state index contributed by atoms with van der Waals surface area (Å²) in [5.74, 6) is 0.147. The van der Waals surface area contributed by atoms with Crippen molar-refractivity contribution in [3.63, 3.8) is 0 Å². The van der Waals surface area contributed by atoms with Crippen LogP contribution in [0.2, 0.25) is 10.0 Å². The zero-order valence-electron chi connectivity index (χ0n) is 15.5. The van der Waals surface area contributed by atoms with Crippen molar-refractivity contribution in [1.29, 1.82) is 0 Å². The molecule has 0 aliphatic carbocycles. The highest BCUT2D eigenvalue weighted by Crippen LogP contribution is 2.27. The van der Waals surface area contributed by atoms with Crippen molar-refractivity contribution in [3.05, 3.63) is 63.6 Å². The molecule has 0 aromatic heterocycles. The Morgan fingerprint density at radius 3 is 2.79 bits per heavy atom. The van der Waals surface area contributed by atoms with Crippen molar-refractivity contribution in [3.8, 4) is 5.75 Å².